The van der Waals surface area contributed by atoms with Gasteiger partial charge in [0, 0.05) is 6.04 Å². The predicted octanol–water partition coefficient (Wildman–Crippen LogP) is 2.67. The number of nitrogens with one attached hydrogen (secondary N) is 1. The SMILES string of the molecule is CC1CC(NS(=O)(=O)c2ccccc2CO)CC(C)(C)C1. The lowest BCUT2D eigenvalue weighted by molar-refractivity contribution is 0.163. The minimum absolute atomic E-state index is 0.0412. The number of rotatable bonds is 4. The van der Waals surface area contributed by atoms with E-state index in [2.05, 4.69) is 25.5 Å². The van der Waals surface area contributed by atoms with E-state index in [1.54, 1.807) is 24.3 Å². The highest BCUT2D eigenvalue weighted by molar-refractivity contribution is 7.89. The van der Waals surface area contributed by atoms with Gasteiger partial charge in [-0.15, -0.1) is 0 Å². The van der Waals surface area contributed by atoms with Crippen LogP contribution in [-0.2, 0) is 16.6 Å². The van der Waals surface area contributed by atoms with Gasteiger partial charge in [0.1, 0.15) is 0 Å². The van der Waals surface area contributed by atoms with Crippen molar-refractivity contribution in [1.29, 1.82) is 0 Å². The third-order valence-corrected chi connectivity index (χ3v) is 5.76. The van der Waals surface area contributed by atoms with Crippen molar-refractivity contribution in [3.8, 4) is 0 Å². The highest BCUT2D eigenvalue weighted by Crippen LogP contribution is 2.38. The van der Waals surface area contributed by atoms with Crippen LogP contribution in [-0.4, -0.2) is 19.6 Å². The van der Waals surface area contributed by atoms with Crippen molar-refractivity contribution < 1.29 is 13.5 Å². The van der Waals surface area contributed by atoms with E-state index in [1.807, 2.05) is 0 Å². The molecule has 0 aliphatic heterocycles. The van der Waals surface area contributed by atoms with Crippen LogP contribution in [0.15, 0.2) is 29.2 Å². The summed E-state index contributed by atoms with van der Waals surface area (Å²) in [5, 5.41) is 9.32. The van der Waals surface area contributed by atoms with Gasteiger partial charge in [-0.05, 0) is 42.2 Å². The lowest BCUT2D eigenvalue weighted by atomic mass is 9.71. The van der Waals surface area contributed by atoms with Gasteiger partial charge in [-0.2, -0.15) is 0 Å². The molecule has 1 aliphatic carbocycles. The Morgan fingerprint density at radius 2 is 1.95 bits per heavy atom. The minimum atomic E-state index is -3.59. The van der Waals surface area contributed by atoms with Gasteiger partial charge in [0.05, 0.1) is 11.5 Å². The van der Waals surface area contributed by atoms with E-state index in [-0.39, 0.29) is 23.0 Å². The summed E-state index contributed by atoms with van der Waals surface area (Å²) in [5.74, 6) is 0.509. The molecule has 0 radical (unpaired) electrons. The lowest BCUT2D eigenvalue weighted by Crippen LogP contribution is -2.43. The van der Waals surface area contributed by atoms with Gasteiger partial charge in [0.25, 0.3) is 0 Å². The van der Waals surface area contributed by atoms with E-state index in [1.165, 1.54) is 0 Å². The first-order chi connectivity index (χ1) is 9.73. The lowest BCUT2D eigenvalue weighted by Gasteiger charge is -2.39. The number of sulfonamides is 1. The molecule has 0 spiro atoms. The molecule has 1 aromatic rings. The number of aliphatic hydroxyl groups excluding tert-OH is 1. The van der Waals surface area contributed by atoms with Crippen LogP contribution in [0.25, 0.3) is 0 Å². The number of hydrogen-bond acceptors (Lipinski definition) is 3. The normalized spacial score (nSPS) is 25.7. The Morgan fingerprint density at radius 3 is 2.57 bits per heavy atom. The zero-order valence-corrected chi connectivity index (χ0v) is 13.8. The van der Waals surface area contributed by atoms with E-state index < -0.39 is 10.0 Å². The molecule has 0 heterocycles. The van der Waals surface area contributed by atoms with Crippen LogP contribution in [0.5, 0.6) is 0 Å². The summed E-state index contributed by atoms with van der Waals surface area (Å²) in [5.41, 5.74) is 0.592. The molecular weight excluding hydrogens is 286 g/mol. The highest BCUT2D eigenvalue weighted by atomic mass is 32.2. The first-order valence-electron chi connectivity index (χ1n) is 7.44. The van der Waals surface area contributed by atoms with Crippen LogP contribution in [0.3, 0.4) is 0 Å². The maximum absolute atomic E-state index is 12.6. The first kappa shape index (κ1) is 16.5. The van der Waals surface area contributed by atoms with Gasteiger partial charge < -0.3 is 5.11 Å². The monoisotopic (exact) mass is 311 g/mol. The molecule has 5 heteroatoms. The molecule has 4 nitrogen and oxygen atoms in total. The van der Waals surface area contributed by atoms with Crippen molar-refractivity contribution >= 4 is 10.0 Å². The van der Waals surface area contributed by atoms with Crippen molar-refractivity contribution in [2.24, 2.45) is 11.3 Å². The van der Waals surface area contributed by atoms with E-state index in [0.717, 1.165) is 19.3 Å². The predicted molar refractivity (Wildman–Crippen MR) is 83.3 cm³/mol. The van der Waals surface area contributed by atoms with Gasteiger partial charge in [0.2, 0.25) is 10.0 Å². The minimum Gasteiger partial charge on any atom is -0.392 e. The van der Waals surface area contributed by atoms with Crippen LogP contribution >= 0.6 is 0 Å². The maximum Gasteiger partial charge on any atom is 0.241 e. The van der Waals surface area contributed by atoms with E-state index >= 15 is 0 Å². The molecule has 1 aromatic carbocycles. The largest absolute Gasteiger partial charge is 0.392 e. The standard InChI is InChI=1S/C16H25NO3S/c1-12-8-14(10-16(2,3)9-12)17-21(19,20)15-7-5-4-6-13(15)11-18/h4-7,12,14,17-18H,8-11H2,1-3H3. The van der Waals surface area contributed by atoms with Gasteiger partial charge in [-0.1, -0.05) is 39.0 Å². The van der Waals surface area contributed by atoms with Crippen molar-refractivity contribution in [3.05, 3.63) is 29.8 Å². The van der Waals surface area contributed by atoms with Gasteiger partial charge in [-0.25, -0.2) is 13.1 Å². The van der Waals surface area contributed by atoms with Crippen molar-refractivity contribution in [2.45, 2.75) is 57.6 Å². The summed E-state index contributed by atoms with van der Waals surface area (Å²) in [6.45, 7) is 6.27. The second-order valence-corrected chi connectivity index (χ2v) is 8.68. The van der Waals surface area contributed by atoms with Gasteiger partial charge in [-0.3, -0.25) is 0 Å². The highest BCUT2D eigenvalue weighted by Gasteiger charge is 2.34. The third-order valence-electron chi connectivity index (χ3n) is 4.14. The molecule has 21 heavy (non-hydrogen) atoms. The van der Waals surface area contributed by atoms with Gasteiger partial charge >= 0.3 is 0 Å². The number of benzene rings is 1. The summed E-state index contributed by atoms with van der Waals surface area (Å²) in [7, 11) is -3.59. The molecule has 0 amide bonds. The third kappa shape index (κ3) is 4.05. The topological polar surface area (TPSA) is 66.4 Å². The zero-order valence-electron chi connectivity index (χ0n) is 13.0. The summed E-state index contributed by atoms with van der Waals surface area (Å²) in [6.07, 6.45) is 2.83. The van der Waals surface area contributed by atoms with Crippen LogP contribution < -0.4 is 4.72 Å². The van der Waals surface area contributed by atoms with E-state index in [0.29, 0.717) is 11.5 Å². The second-order valence-electron chi connectivity index (χ2n) is 7.00. The molecule has 118 valence electrons. The average Bonchev–Trinajstić information content (AvgIpc) is 2.35. The fourth-order valence-corrected chi connectivity index (χ4v) is 5.10. The molecular formula is C16H25NO3S. The Hall–Kier alpha value is -0.910. The first-order valence-corrected chi connectivity index (χ1v) is 8.93. The quantitative estimate of drug-likeness (QED) is 0.898. The molecule has 1 fully saturated rings. The molecule has 0 aromatic heterocycles. The molecule has 0 bridgehead atoms. The van der Waals surface area contributed by atoms with Crippen LogP contribution in [0, 0.1) is 11.3 Å². The smallest absolute Gasteiger partial charge is 0.241 e. The zero-order chi connectivity index (χ0) is 15.7. The molecule has 0 saturated heterocycles. The Kier molecular flexibility index (Phi) is 4.76. The van der Waals surface area contributed by atoms with Crippen molar-refractivity contribution in [1.82, 2.24) is 4.72 Å². The van der Waals surface area contributed by atoms with Gasteiger partial charge in [0.15, 0.2) is 0 Å². The summed E-state index contributed by atoms with van der Waals surface area (Å²) >= 11 is 0. The fraction of sp³-hybridized carbons (Fsp3) is 0.625. The summed E-state index contributed by atoms with van der Waals surface area (Å²) < 4.78 is 28.0. The average molecular weight is 311 g/mol. The van der Waals surface area contributed by atoms with Crippen molar-refractivity contribution in [2.75, 3.05) is 0 Å². The summed E-state index contributed by atoms with van der Waals surface area (Å²) in [6, 6.07) is 6.56. The Labute approximate surface area is 127 Å². The number of aliphatic hydroxyl groups is 1. The maximum atomic E-state index is 12.6. The van der Waals surface area contributed by atoms with Crippen LogP contribution in [0.1, 0.15) is 45.6 Å². The molecule has 2 rings (SSSR count). The Morgan fingerprint density at radius 1 is 1.29 bits per heavy atom. The van der Waals surface area contributed by atoms with Crippen molar-refractivity contribution in [3.63, 3.8) is 0 Å². The molecule has 1 aliphatic rings. The fourth-order valence-electron chi connectivity index (χ4n) is 3.62. The molecule has 2 unspecified atom stereocenters. The summed E-state index contributed by atoms with van der Waals surface area (Å²) in [4.78, 5) is 0.184. The number of hydrogen-bond donors (Lipinski definition) is 2. The molecule has 1 saturated carbocycles. The molecule has 2 atom stereocenters. The molecule has 2 N–H and O–H groups in total. The van der Waals surface area contributed by atoms with Crippen LogP contribution in [0.2, 0.25) is 0 Å². The van der Waals surface area contributed by atoms with E-state index in [4.69, 9.17) is 0 Å². The Bertz CT molecular complexity index is 595. The van der Waals surface area contributed by atoms with E-state index in [9.17, 15) is 13.5 Å². The Balaban J connectivity index is 2.21. The van der Waals surface area contributed by atoms with Crippen LogP contribution in [0.4, 0.5) is 0 Å². The second kappa shape index (κ2) is 6.07.